The Bertz CT molecular complexity index is 539. The van der Waals surface area contributed by atoms with Gasteiger partial charge >= 0.3 is 0 Å². The molecule has 3 rings (SSSR count). The van der Waals surface area contributed by atoms with E-state index in [0.29, 0.717) is 0 Å². The van der Waals surface area contributed by atoms with Crippen molar-refractivity contribution in [3.8, 4) is 0 Å². The number of fused-ring (bicyclic) bond motifs is 3. The SMILES string of the molecule is C=C[C@@]1(C)CC[C@H]2[C@]3(C)[C@H](O)CC(=O)C(C)(C)[C@H]3CC[C@]2(C)O1. The third-order valence-electron chi connectivity index (χ3n) is 7.68. The molecule has 0 amide bonds. The molecule has 23 heavy (non-hydrogen) atoms. The topological polar surface area (TPSA) is 46.5 Å². The van der Waals surface area contributed by atoms with E-state index in [0.717, 1.165) is 25.7 Å². The van der Waals surface area contributed by atoms with Crippen molar-refractivity contribution in [3.63, 3.8) is 0 Å². The second-order valence-corrected chi connectivity index (χ2v) is 9.34. The molecule has 0 radical (unpaired) electrons. The average Bonchev–Trinajstić information content (AvgIpc) is 2.44. The molecule has 2 saturated carbocycles. The zero-order chi connectivity index (χ0) is 17.3. The zero-order valence-corrected chi connectivity index (χ0v) is 15.3. The maximum Gasteiger partial charge on any atom is 0.141 e. The molecular formula is C20H32O3. The summed E-state index contributed by atoms with van der Waals surface area (Å²) in [7, 11) is 0. The van der Waals surface area contributed by atoms with E-state index in [1.165, 1.54) is 0 Å². The van der Waals surface area contributed by atoms with Crippen molar-refractivity contribution < 1.29 is 14.6 Å². The van der Waals surface area contributed by atoms with Crippen LogP contribution in [-0.2, 0) is 9.53 Å². The van der Waals surface area contributed by atoms with Gasteiger partial charge in [0.25, 0.3) is 0 Å². The molecule has 0 spiro atoms. The van der Waals surface area contributed by atoms with E-state index >= 15 is 0 Å². The first-order valence-corrected chi connectivity index (χ1v) is 9.05. The van der Waals surface area contributed by atoms with Gasteiger partial charge < -0.3 is 9.84 Å². The third kappa shape index (κ3) is 2.19. The van der Waals surface area contributed by atoms with E-state index in [9.17, 15) is 9.90 Å². The van der Waals surface area contributed by atoms with Crippen molar-refractivity contribution in [1.82, 2.24) is 0 Å². The Morgan fingerprint density at radius 2 is 1.74 bits per heavy atom. The Morgan fingerprint density at radius 3 is 2.35 bits per heavy atom. The minimum Gasteiger partial charge on any atom is -0.392 e. The number of carbonyl (C=O) groups is 1. The normalized spacial score (nSPS) is 52.4. The Balaban J connectivity index is 2.02. The second-order valence-electron chi connectivity index (χ2n) is 9.34. The highest BCUT2D eigenvalue weighted by molar-refractivity contribution is 5.86. The molecule has 3 heteroatoms. The van der Waals surface area contributed by atoms with E-state index in [1.54, 1.807) is 0 Å². The van der Waals surface area contributed by atoms with Gasteiger partial charge in [0.05, 0.1) is 17.3 Å². The lowest BCUT2D eigenvalue weighted by Gasteiger charge is -2.65. The molecule has 0 bridgehead atoms. The van der Waals surface area contributed by atoms with Gasteiger partial charge in [0, 0.05) is 17.3 Å². The van der Waals surface area contributed by atoms with Crippen LogP contribution in [0.1, 0.15) is 66.7 Å². The molecule has 0 aromatic rings. The summed E-state index contributed by atoms with van der Waals surface area (Å²) in [4.78, 5) is 12.5. The molecule has 2 aliphatic carbocycles. The monoisotopic (exact) mass is 320 g/mol. The highest BCUT2D eigenvalue weighted by Gasteiger charge is 2.66. The average molecular weight is 320 g/mol. The number of Topliss-reactive ketones (excluding diaryl/α,β-unsaturated/α-hetero) is 1. The first-order chi connectivity index (χ1) is 10.5. The fraction of sp³-hybridized carbons (Fsp3) is 0.850. The van der Waals surface area contributed by atoms with E-state index in [2.05, 4.69) is 41.2 Å². The number of ether oxygens (including phenoxy) is 1. The molecule has 1 heterocycles. The lowest BCUT2D eigenvalue weighted by Crippen LogP contribution is -2.67. The molecule has 3 aliphatic rings. The highest BCUT2D eigenvalue weighted by atomic mass is 16.5. The van der Waals surface area contributed by atoms with Crippen LogP contribution in [0.2, 0.25) is 0 Å². The molecule has 3 fully saturated rings. The lowest BCUT2D eigenvalue weighted by molar-refractivity contribution is -0.268. The van der Waals surface area contributed by atoms with Gasteiger partial charge in [0.2, 0.25) is 0 Å². The fourth-order valence-electron chi connectivity index (χ4n) is 6.17. The summed E-state index contributed by atoms with van der Waals surface area (Å²) in [6.45, 7) is 14.6. The predicted octanol–water partition coefficient (Wildman–Crippen LogP) is 3.89. The Kier molecular flexibility index (Phi) is 3.67. The number of hydrogen-bond donors (Lipinski definition) is 1. The standard InChI is InChI=1S/C20H32O3/c1-7-18(4)10-8-14-19(5,23-18)11-9-13-17(2,3)15(21)12-16(22)20(13,14)6/h7,13-14,16,22H,1,8-12H2,2-6H3/t13-,14-,16-,18+,19+,20-/m1/s1. The summed E-state index contributed by atoms with van der Waals surface area (Å²) in [6.07, 6.45) is 5.48. The molecule has 0 aromatic carbocycles. The molecule has 6 atom stereocenters. The number of aliphatic hydroxyl groups is 1. The predicted molar refractivity (Wildman–Crippen MR) is 91.1 cm³/mol. The number of aliphatic hydroxyl groups excluding tert-OH is 1. The summed E-state index contributed by atoms with van der Waals surface area (Å²) >= 11 is 0. The van der Waals surface area contributed by atoms with Crippen LogP contribution in [0.25, 0.3) is 0 Å². The highest BCUT2D eigenvalue weighted by Crippen LogP contribution is 2.64. The Labute approximate surface area is 140 Å². The molecule has 1 saturated heterocycles. The smallest absolute Gasteiger partial charge is 0.141 e. The molecular weight excluding hydrogens is 288 g/mol. The van der Waals surface area contributed by atoms with Crippen LogP contribution >= 0.6 is 0 Å². The maximum absolute atomic E-state index is 12.5. The van der Waals surface area contributed by atoms with Crippen LogP contribution in [0, 0.1) is 22.7 Å². The molecule has 130 valence electrons. The molecule has 1 N–H and O–H groups in total. The van der Waals surface area contributed by atoms with Gasteiger partial charge in [-0.25, -0.2) is 0 Å². The molecule has 3 nitrogen and oxygen atoms in total. The molecule has 0 aromatic heterocycles. The van der Waals surface area contributed by atoms with E-state index < -0.39 is 6.10 Å². The minimum atomic E-state index is -0.561. The van der Waals surface area contributed by atoms with Crippen molar-refractivity contribution in [2.75, 3.05) is 0 Å². The van der Waals surface area contributed by atoms with Crippen LogP contribution < -0.4 is 0 Å². The number of rotatable bonds is 1. The van der Waals surface area contributed by atoms with Gasteiger partial charge in [-0.1, -0.05) is 26.8 Å². The summed E-state index contributed by atoms with van der Waals surface area (Å²) in [5, 5.41) is 10.9. The van der Waals surface area contributed by atoms with Gasteiger partial charge in [0.1, 0.15) is 5.78 Å². The van der Waals surface area contributed by atoms with Gasteiger partial charge in [-0.3, -0.25) is 4.79 Å². The van der Waals surface area contributed by atoms with Gasteiger partial charge in [-0.15, -0.1) is 6.58 Å². The Morgan fingerprint density at radius 1 is 1.13 bits per heavy atom. The van der Waals surface area contributed by atoms with Gasteiger partial charge in [-0.05, 0) is 51.4 Å². The van der Waals surface area contributed by atoms with Crippen LogP contribution in [0.15, 0.2) is 12.7 Å². The quantitative estimate of drug-likeness (QED) is 0.746. The van der Waals surface area contributed by atoms with E-state index in [-0.39, 0.29) is 46.1 Å². The van der Waals surface area contributed by atoms with Crippen molar-refractivity contribution >= 4 is 5.78 Å². The van der Waals surface area contributed by atoms with Crippen molar-refractivity contribution in [1.29, 1.82) is 0 Å². The van der Waals surface area contributed by atoms with Gasteiger partial charge in [0.15, 0.2) is 0 Å². The van der Waals surface area contributed by atoms with Crippen LogP contribution in [-0.4, -0.2) is 28.2 Å². The van der Waals surface area contributed by atoms with E-state index in [4.69, 9.17) is 4.74 Å². The third-order valence-corrected chi connectivity index (χ3v) is 7.68. The first kappa shape index (κ1) is 17.2. The van der Waals surface area contributed by atoms with E-state index in [1.807, 2.05) is 6.08 Å². The summed E-state index contributed by atoms with van der Waals surface area (Å²) in [6, 6.07) is 0. The van der Waals surface area contributed by atoms with Crippen LogP contribution in [0.3, 0.4) is 0 Å². The number of carbonyl (C=O) groups excluding carboxylic acids is 1. The van der Waals surface area contributed by atoms with Gasteiger partial charge in [-0.2, -0.15) is 0 Å². The first-order valence-electron chi connectivity index (χ1n) is 9.05. The zero-order valence-electron chi connectivity index (χ0n) is 15.3. The van der Waals surface area contributed by atoms with Crippen molar-refractivity contribution in [2.45, 2.75) is 84.0 Å². The van der Waals surface area contributed by atoms with Crippen molar-refractivity contribution in [3.05, 3.63) is 12.7 Å². The van der Waals surface area contributed by atoms with Crippen LogP contribution in [0.4, 0.5) is 0 Å². The lowest BCUT2D eigenvalue weighted by atomic mass is 9.43. The summed E-state index contributed by atoms with van der Waals surface area (Å²) in [5.41, 5.74) is -1.13. The van der Waals surface area contributed by atoms with Crippen molar-refractivity contribution in [2.24, 2.45) is 22.7 Å². The largest absolute Gasteiger partial charge is 0.392 e. The summed E-state index contributed by atoms with van der Waals surface area (Å²) in [5.74, 6) is 0.717. The maximum atomic E-state index is 12.5. The molecule has 0 unspecified atom stereocenters. The molecule has 1 aliphatic heterocycles. The number of ketones is 1. The minimum absolute atomic E-state index is 0.212. The summed E-state index contributed by atoms with van der Waals surface area (Å²) < 4.78 is 6.56. The fourth-order valence-corrected chi connectivity index (χ4v) is 6.17. The second kappa shape index (κ2) is 4.92. The number of hydrogen-bond acceptors (Lipinski definition) is 3. The Hall–Kier alpha value is -0.670. The van der Waals surface area contributed by atoms with Crippen LogP contribution in [0.5, 0.6) is 0 Å².